The van der Waals surface area contributed by atoms with E-state index in [2.05, 4.69) is 10.6 Å². The molecule has 4 aliphatic rings. The molecule has 0 bridgehead atoms. The van der Waals surface area contributed by atoms with E-state index < -0.39 is 52.9 Å². The van der Waals surface area contributed by atoms with E-state index >= 15 is 0 Å². The number of imide groups is 1. The van der Waals surface area contributed by atoms with E-state index in [4.69, 9.17) is 15.2 Å². The highest BCUT2D eigenvalue weighted by Crippen LogP contribution is 2.53. The van der Waals surface area contributed by atoms with Crippen molar-refractivity contribution in [2.24, 2.45) is 17.6 Å². The lowest BCUT2D eigenvalue weighted by Crippen LogP contribution is -2.53. The molecule has 2 aromatic rings. The van der Waals surface area contributed by atoms with Gasteiger partial charge in [0, 0.05) is 23.7 Å². The van der Waals surface area contributed by atoms with Crippen LogP contribution in [0.25, 0.3) is 0 Å². The smallest absolute Gasteiger partial charge is 0.250 e. The molecular weight excluding hydrogens is 447 g/mol. The second-order valence-corrected chi connectivity index (χ2v) is 8.83. The van der Waals surface area contributed by atoms with Crippen LogP contribution in [0.3, 0.4) is 0 Å². The Hall–Kier alpha value is -3.99. The van der Waals surface area contributed by atoms with Gasteiger partial charge in [-0.1, -0.05) is 6.07 Å². The number of halogens is 1. The Bertz CT molecular complexity index is 1300. The fourth-order valence-electron chi connectivity index (χ4n) is 5.60. The van der Waals surface area contributed by atoms with Gasteiger partial charge in [-0.05, 0) is 35.9 Å². The number of ether oxygens (including phenoxy) is 2. The lowest BCUT2D eigenvalue weighted by atomic mass is 9.76. The molecule has 11 heteroatoms. The summed E-state index contributed by atoms with van der Waals surface area (Å²) >= 11 is 0. The van der Waals surface area contributed by atoms with Crippen molar-refractivity contribution in [3.05, 3.63) is 53.3 Å². The van der Waals surface area contributed by atoms with E-state index in [-0.39, 0.29) is 25.3 Å². The topological polar surface area (TPSA) is 140 Å². The highest BCUT2D eigenvalue weighted by molar-refractivity contribution is 6.15. The summed E-state index contributed by atoms with van der Waals surface area (Å²) < 4.78 is 24.9. The Labute approximate surface area is 192 Å². The molecule has 4 atom stereocenters. The van der Waals surface area contributed by atoms with Gasteiger partial charge in [0.05, 0.1) is 18.4 Å². The number of hydrogen-bond acceptors (Lipinski definition) is 7. The molecule has 4 amide bonds. The monoisotopic (exact) mass is 466 g/mol. The van der Waals surface area contributed by atoms with Crippen LogP contribution in [0, 0.1) is 17.7 Å². The van der Waals surface area contributed by atoms with Crippen molar-refractivity contribution >= 4 is 29.3 Å². The van der Waals surface area contributed by atoms with Crippen LogP contribution in [0.1, 0.15) is 17.5 Å². The second kappa shape index (κ2) is 7.00. The first-order chi connectivity index (χ1) is 16.3. The van der Waals surface area contributed by atoms with Gasteiger partial charge in [-0.25, -0.2) is 4.39 Å². The molecule has 2 aromatic carbocycles. The van der Waals surface area contributed by atoms with Crippen LogP contribution >= 0.6 is 0 Å². The maximum atomic E-state index is 14.2. The molecule has 0 aliphatic carbocycles. The molecule has 10 nitrogen and oxygen atoms in total. The summed E-state index contributed by atoms with van der Waals surface area (Å²) in [4.78, 5) is 53.3. The molecule has 1 spiro atoms. The van der Waals surface area contributed by atoms with Crippen LogP contribution in [0.5, 0.6) is 11.5 Å². The molecule has 2 saturated heterocycles. The molecule has 2 unspecified atom stereocenters. The summed E-state index contributed by atoms with van der Waals surface area (Å²) in [6.07, 6.45) is -0.266. The third kappa shape index (κ3) is 2.70. The van der Waals surface area contributed by atoms with Gasteiger partial charge in [0.2, 0.25) is 30.4 Å². The fraction of sp³-hybridized carbons (Fsp3) is 0.304. The number of nitrogens with two attached hydrogens (primary N) is 1. The van der Waals surface area contributed by atoms with E-state index in [0.29, 0.717) is 22.7 Å². The zero-order valence-corrected chi connectivity index (χ0v) is 17.7. The molecule has 0 radical (unpaired) electrons. The molecule has 0 saturated carbocycles. The molecule has 0 aromatic heterocycles. The SMILES string of the molecule is NC(=O)CC1NC2(C(=O)Nc3ccc(F)cc32)[C@H]2C(=O)N(Cc3ccc4c(c3)OCO4)C(=O)[C@@H]12. The highest BCUT2D eigenvalue weighted by Gasteiger charge is 2.70. The molecule has 4 heterocycles. The van der Waals surface area contributed by atoms with Gasteiger partial charge in [-0.15, -0.1) is 0 Å². The number of hydrogen-bond donors (Lipinski definition) is 3. The van der Waals surface area contributed by atoms with Crippen LogP contribution in [-0.4, -0.2) is 41.4 Å². The number of likely N-dealkylation sites (tertiary alicyclic amines) is 1. The third-order valence-electron chi connectivity index (χ3n) is 6.97. The number of nitrogens with one attached hydrogen (secondary N) is 2. The summed E-state index contributed by atoms with van der Waals surface area (Å²) in [6.45, 7) is 0.0247. The minimum absolute atomic E-state index is 0.0572. The van der Waals surface area contributed by atoms with E-state index in [9.17, 15) is 23.6 Å². The lowest BCUT2D eigenvalue weighted by molar-refractivity contribution is -0.143. The summed E-state index contributed by atoms with van der Waals surface area (Å²) in [5.74, 6) is -4.11. The van der Waals surface area contributed by atoms with Crippen LogP contribution in [-0.2, 0) is 31.3 Å². The average Bonchev–Trinajstić information content (AvgIpc) is 3.51. The summed E-state index contributed by atoms with van der Waals surface area (Å²) in [6, 6.07) is 7.97. The van der Waals surface area contributed by atoms with Crippen molar-refractivity contribution in [2.45, 2.75) is 24.5 Å². The zero-order valence-electron chi connectivity index (χ0n) is 17.7. The molecule has 174 valence electrons. The number of benzene rings is 2. The molecule has 34 heavy (non-hydrogen) atoms. The number of anilines is 1. The van der Waals surface area contributed by atoms with Crippen LogP contribution in [0.4, 0.5) is 10.1 Å². The van der Waals surface area contributed by atoms with E-state index in [0.717, 1.165) is 4.90 Å². The number of carbonyl (C=O) groups excluding carboxylic acids is 4. The highest BCUT2D eigenvalue weighted by atomic mass is 19.1. The van der Waals surface area contributed by atoms with Crippen molar-refractivity contribution in [1.82, 2.24) is 10.2 Å². The van der Waals surface area contributed by atoms with Crippen molar-refractivity contribution in [2.75, 3.05) is 12.1 Å². The van der Waals surface area contributed by atoms with Gasteiger partial charge in [-0.2, -0.15) is 0 Å². The molecule has 2 fully saturated rings. The van der Waals surface area contributed by atoms with Crippen molar-refractivity contribution in [3.8, 4) is 11.5 Å². The van der Waals surface area contributed by atoms with Crippen LogP contribution in [0.15, 0.2) is 36.4 Å². The number of primary amides is 1. The number of carbonyl (C=O) groups is 4. The lowest BCUT2D eigenvalue weighted by Gasteiger charge is -2.29. The van der Waals surface area contributed by atoms with Gasteiger partial charge < -0.3 is 20.5 Å². The van der Waals surface area contributed by atoms with Crippen molar-refractivity contribution in [1.29, 1.82) is 0 Å². The Morgan fingerprint density at radius 3 is 2.71 bits per heavy atom. The van der Waals surface area contributed by atoms with Crippen LogP contribution in [0.2, 0.25) is 0 Å². The van der Waals surface area contributed by atoms with E-state index in [1.165, 1.54) is 18.2 Å². The fourth-order valence-corrected chi connectivity index (χ4v) is 5.60. The molecule has 6 rings (SSSR count). The Balaban J connectivity index is 1.42. The number of nitrogens with zero attached hydrogens (tertiary/aromatic N) is 1. The maximum absolute atomic E-state index is 14.2. The third-order valence-corrected chi connectivity index (χ3v) is 6.97. The second-order valence-electron chi connectivity index (χ2n) is 8.83. The predicted octanol–water partition coefficient (Wildman–Crippen LogP) is 0.350. The largest absolute Gasteiger partial charge is 0.454 e. The first-order valence-corrected chi connectivity index (χ1v) is 10.7. The Morgan fingerprint density at radius 2 is 1.91 bits per heavy atom. The molecule has 4 aliphatic heterocycles. The van der Waals surface area contributed by atoms with Gasteiger partial charge in [0.15, 0.2) is 11.5 Å². The summed E-state index contributed by atoms with van der Waals surface area (Å²) in [5, 5.41) is 5.70. The van der Waals surface area contributed by atoms with Gasteiger partial charge in [-0.3, -0.25) is 29.4 Å². The molecule has 4 N–H and O–H groups in total. The quantitative estimate of drug-likeness (QED) is 0.553. The minimum Gasteiger partial charge on any atom is -0.454 e. The number of rotatable bonds is 4. The minimum atomic E-state index is -1.70. The number of fused-ring (bicyclic) bond motifs is 5. The first kappa shape index (κ1) is 20.6. The zero-order chi connectivity index (χ0) is 23.8. The van der Waals surface area contributed by atoms with Crippen molar-refractivity contribution < 1.29 is 33.0 Å². The van der Waals surface area contributed by atoms with Crippen LogP contribution < -0.4 is 25.8 Å². The van der Waals surface area contributed by atoms with Gasteiger partial charge in [0.1, 0.15) is 11.4 Å². The average molecular weight is 466 g/mol. The van der Waals surface area contributed by atoms with Gasteiger partial charge in [0.25, 0.3) is 0 Å². The standard InChI is InChI=1S/C23H19FN4O6/c24-11-2-3-13-12(6-11)23(22(32)26-13)19-18(14(27-23)7-17(25)29)20(30)28(21(19)31)8-10-1-4-15-16(5-10)34-9-33-15/h1-6,14,18-19,27H,7-9H2,(H2,25,29)(H,26,32)/t14?,18-,19+,23?/m0/s1. The first-order valence-electron chi connectivity index (χ1n) is 10.7. The Kier molecular flexibility index (Phi) is 4.24. The van der Waals surface area contributed by atoms with E-state index in [1.807, 2.05) is 0 Å². The van der Waals surface area contributed by atoms with Gasteiger partial charge >= 0.3 is 0 Å². The number of amides is 4. The predicted molar refractivity (Wildman–Crippen MR) is 113 cm³/mol. The van der Waals surface area contributed by atoms with E-state index in [1.54, 1.807) is 18.2 Å². The summed E-state index contributed by atoms with van der Waals surface area (Å²) in [5.41, 5.74) is 4.91. The Morgan fingerprint density at radius 1 is 1.12 bits per heavy atom. The van der Waals surface area contributed by atoms with Crippen molar-refractivity contribution in [3.63, 3.8) is 0 Å². The normalized spacial score (nSPS) is 28.4. The summed E-state index contributed by atoms with van der Waals surface area (Å²) in [7, 11) is 0. The molecular formula is C23H19FN4O6. The maximum Gasteiger partial charge on any atom is 0.250 e.